The second kappa shape index (κ2) is 7.16. The van der Waals surface area contributed by atoms with Crippen LogP contribution in [0.3, 0.4) is 0 Å². The van der Waals surface area contributed by atoms with E-state index in [-0.39, 0.29) is 0 Å². The molecule has 0 fully saturated rings. The van der Waals surface area contributed by atoms with Gasteiger partial charge in [-0.2, -0.15) is 0 Å². The van der Waals surface area contributed by atoms with Crippen molar-refractivity contribution in [1.82, 2.24) is 5.32 Å². The highest BCUT2D eigenvalue weighted by Gasteiger charge is 2.40. The molecule has 0 radical (unpaired) electrons. The molecule has 0 aromatic heterocycles. The maximum absolute atomic E-state index is 13.1. The van der Waals surface area contributed by atoms with Crippen LogP contribution in [0.1, 0.15) is 40.3 Å². The smallest absolute Gasteiger partial charge is 0.336 e. The van der Waals surface area contributed by atoms with Gasteiger partial charge < -0.3 is 14.8 Å². The second-order valence-corrected chi connectivity index (χ2v) is 4.61. The van der Waals surface area contributed by atoms with Crippen molar-refractivity contribution in [3.63, 3.8) is 0 Å². The largest absolute Gasteiger partial charge is 0.466 e. The minimum Gasteiger partial charge on any atom is -0.466 e. The molecule has 1 unspecified atom stereocenters. The number of nitrogens with one attached hydrogen (secondary N) is 1. The molecule has 8 heteroatoms. The lowest BCUT2D eigenvalue weighted by atomic mass is 9.79. The number of nitro groups is 1. The molecule has 1 heterocycles. The number of hydrogen-bond acceptors (Lipinski definition) is 7. The van der Waals surface area contributed by atoms with Gasteiger partial charge in [-0.25, -0.2) is 9.59 Å². The third-order valence-electron chi connectivity index (χ3n) is 3.22. The van der Waals surface area contributed by atoms with Gasteiger partial charge in [0.05, 0.1) is 45.7 Å². The highest BCUT2D eigenvalue weighted by Crippen LogP contribution is 2.42. The number of esters is 2. The first kappa shape index (κ1) is 8.28. The summed E-state index contributed by atoms with van der Waals surface area (Å²) in [5, 5.41) is 14.1. The predicted octanol–water partition coefficient (Wildman–Crippen LogP) is 2.18. The lowest BCUT2D eigenvalue weighted by Gasteiger charge is -2.29. The van der Waals surface area contributed by atoms with Crippen molar-refractivity contribution in [2.75, 3.05) is 14.1 Å². The van der Waals surface area contributed by atoms with Crippen LogP contribution < -0.4 is 5.32 Å². The minimum atomic E-state index is -3.51. The van der Waals surface area contributed by atoms with E-state index in [4.69, 9.17) is 13.7 Å². The zero-order valence-electron chi connectivity index (χ0n) is 23.9. The molecule has 0 spiro atoms. The van der Waals surface area contributed by atoms with Gasteiger partial charge in [0.1, 0.15) is 0 Å². The first-order valence-corrected chi connectivity index (χ1v) is 6.52. The summed E-state index contributed by atoms with van der Waals surface area (Å²) in [6.45, 7) is -2.29. The van der Waals surface area contributed by atoms with Crippen molar-refractivity contribution in [3.05, 3.63) is 62.4 Å². The maximum atomic E-state index is 13.1. The van der Waals surface area contributed by atoms with Crippen LogP contribution >= 0.6 is 0 Å². The number of nitrogens with zero attached hydrogens (tertiary/aromatic N) is 1. The number of nitro benzene ring substituents is 1. The Hall–Kier alpha value is -3.16. The van der Waals surface area contributed by atoms with Gasteiger partial charge in [0.25, 0.3) is 5.69 Å². The van der Waals surface area contributed by atoms with Crippen molar-refractivity contribution in [1.29, 1.82) is 0 Å². The number of para-hydroxylation sites is 1. The lowest BCUT2D eigenvalue weighted by molar-refractivity contribution is -0.385. The first-order chi connectivity index (χ1) is 16.2. The number of rotatable bonds is 4. The minimum absolute atomic E-state index is 0.477. The summed E-state index contributed by atoms with van der Waals surface area (Å²) in [4.78, 5) is 36.5. The van der Waals surface area contributed by atoms with Crippen molar-refractivity contribution in [3.8, 4) is 0 Å². The maximum Gasteiger partial charge on any atom is 0.336 e. The van der Waals surface area contributed by atoms with Gasteiger partial charge in [-0.1, -0.05) is 18.1 Å². The average molecular weight is 357 g/mol. The Morgan fingerprint density at radius 1 is 1.28 bits per heavy atom. The topological polar surface area (TPSA) is 108 Å². The molecule has 1 aromatic rings. The molecule has 2 rings (SSSR count). The molecule has 0 saturated carbocycles. The number of hydrogen-bond donors (Lipinski definition) is 1. The number of dihydropyridines is 1. The second-order valence-electron chi connectivity index (χ2n) is 4.61. The van der Waals surface area contributed by atoms with Gasteiger partial charge in [0, 0.05) is 28.5 Å². The summed E-state index contributed by atoms with van der Waals surface area (Å²) in [6.07, 6.45) is 0. The number of carbonyl (C=O) groups excluding carboxylic acids is 2. The van der Waals surface area contributed by atoms with Crippen LogP contribution in [0.5, 0.6) is 0 Å². The molecule has 0 aliphatic carbocycles. The van der Waals surface area contributed by atoms with Crippen LogP contribution in [0.2, 0.25) is 0 Å². The zero-order valence-corrected chi connectivity index (χ0v) is 12.9. The third kappa shape index (κ3) is 3.23. The molecule has 1 N–H and O–H groups in total. The van der Waals surface area contributed by atoms with Crippen LogP contribution in [-0.2, 0) is 19.1 Å². The summed E-state index contributed by atoms with van der Waals surface area (Å²) in [6, 6.07) is -4.76. The Balaban J connectivity index is 3.30. The highest BCUT2D eigenvalue weighted by atomic mass is 16.6. The molecule has 25 heavy (non-hydrogen) atoms. The molecular formula is C17H18N2O6. The van der Waals surface area contributed by atoms with Gasteiger partial charge in [-0.05, 0) is 13.8 Å². The van der Waals surface area contributed by atoms with E-state index in [0.29, 0.717) is 0 Å². The van der Waals surface area contributed by atoms with Crippen molar-refractivity contribution < 1.29 is 39.1 Å². The van der Waals surface area contributed by atoms with Gasteiger partial charge >= 0.3 is 11.9 Å². The average Bonchev–Trinajstić information content (AvgIpc) is 2.71. The van der Waals surface area contributed by atoms with Gasteiger partial charge in [-0.15, -0.1) is 0 Å². The van der Waals surface area contributed by atoms with Crippen LogP contribution in [0.4, 0.5) is 5.69 Å². The zero-order chi connectivity index (χ0) is 28.1. The number of ether oxygens (including phenoxy) is 2. The van der Waals surface area contributed by atoms with Crippen LogP contribution in [0.25, 0.3) is 0 Å². The van der Waals surface area contributed by atoms with Crippen LogP contribution in [-0.4, -0.2) is 31.0 Å². The van der Waals surface area contributed by atoms with Crippen molar-refractivity contribution in [2.45, 2.75) is 19.7 Å². The quantitative estimate of drug-likeness (QED) is 0.500. The molecule has 1 atom stereocenters. The van der Waals surface area contributed by atoms with Crippen LogP contribution in [0.15, 0.2) is 46.7 Å². The number of carbonyl (C=O) groups is 2. The van der Waals surface area contributed by atoms with E-state index >= 15 is 0 Å². The summed E-state index contributed by atoms with van der Waals surface area (Å²) in [5.74, 6) is -6.87. The molecule has 0 saturated heterocycles. The Morgan fingerprint density at radius 2 is 1.92 bits per heavy atom. The van der Waals surface area contributed by atoms with Gasteiger partial charge in [0.15, 0.2) is 0 Å². The van der Waals surface area contributed by atoms with Crippen molar-refractivity contribution in [2.24, 2.45) is 0 Å². The fraction of sp³-hybridized carbons (Fsp3) is 0.294. The number of methoxy groups -OCH3 is 2. The summed E-state index contributed by atoms with van der Waals surface area (Å²) < 4.78 is 95.0. The van der Waals surface area contributed by atoms with E-state index in [1.54, 1.807) is 0 Å². The monoisotopic (exact) mass is 357 g/mol. The summed E-state index contributed by atoms with van der Waals surface area (Å²) in [5.41, 5.74) is -6.83. The van der Waals surface area contributed by atoms with Gasteiger partial charge in [-0.3, -0.25) is 10.1 Å². The molecule has 132 valence electrons. The Bertz CT molecular complexity index is 1240. The molecule has 8 nitrogen and oxygen atoms in total. The Kier molecular flexibility index (Phi) is 2.37. The van der Waals surface area contributed by atoms with E-state index in [1.165, 1.54) is 0 Å². The molecule has 0 amide bonds. The molecular weight excluding hydrogens is 328 g/mol. The van der Waals surface area contributed by atoms with E-state index in [0.717, 1.165) is 14.0 Å². The fourth-order valence-electron chi connectivity index (χ4n) is 2.24. The standard InChI is InChI=1S/C17H18N2O6/c1-9-13(16(20)24-3)15(14(10(2)18-9)17(21)25-4)11-7-5-6-8-12(11)19(22)23/h5-8,15,18H,1-4H3/i1D3,3D3,5D,6D,7D,8D,15D. The van der Waals surface area contributed by atoms with E-state index in [1.807, 2.05) is 0 Å². The van der Waals surface area contributed by atoms with E-state index in [9.17, 15) is 21.1 Å². The number of allylic oxidation sites excluding steroid dienone is 2. The summed E-state index contributed by atoms with van der Waals surface area (Å²) in [7, 11) is -2.68. The lowest BCUT2D eigenvalue weighted by Crippen LogP contribution is -2.32. The van der Waals surface area contributed by atoms with E-state index in [2.05, 4.69) is 14.8 Å². The van der Waals surface area contributed by atoms with Gasteiger partial charge in [0.2, 0.25) is 0 Å². The fourth-order valence-corrected chi connectivity index (χ4v) is 2.24. The molecule has 1 aliphatic rings. The molecule has 1 aliphatic heterocycles. The van der Waals surface area contributed by atoms with E-state index < -0.39 is 94.6 Å². The molecule has 0 bridgehead atoms. The third-order valence-corrected chi connectivity index (χ3v) is 3.22. The SMILES string of the molecule is [2H]c1c([2H])c([2H])c(C2([2H])C(C(=O)OC)=C(C)NC(C([2H])([2H])[2H])=C2C(=O)OC([2H])([2H])[2H])c([N+](=O)[O-])c1[2H]. The van der Waals surface area contributed by atoms with Crippen molar-refractivity contribution >= 4 is 17.6 Å². The highest BCUT2D eigenvalue weighted by molar-refractivity contribution is 6.00. The Labute approximate surface area is 159 Å². The normalized spacial score (nSPS) is 27.4. The first-order valence-electron chi connectivity index (χ1n) is 12.0. The predicted molar refractivity (Wildman–Crippen MR) is 88.4 cm³/mol. The molecule has 1 aromatic carbocycles. The Morgan fingerprint density at radius 3 is 2.52 bits per heavy atom. The summed E-state index contributed by atoms with van der Waals surface area (Å²) >= 11 is 0. The number of benzene rings is 1. The van der Waals surface area contributed by atoms with Crippen LogP contribution in [0, 0.1) is 10.1 Å².